The van der Waals surface area contributed by atoms with Gasteiger partial charge in [-0.2, -0.15) is 13.2 Å². The highest BCUT2D eigenvalue weighted by Gasteiger charge is 2.36. The monoisotopic (exact) mass is 287 g/mol. The Morgan fingerprint density at radius 1 is 1.35 bits per heavy atom. The lowest BCUT2D eigenvalue weighted by atomic mass is 9.97. The van der Waals surface area contributed by atoms with Crippen LogP contribution in [0.4, 0.5) is 13.2 Å². The summed E-state index contributed by atoms with van der Waals surface area (Å²) in [6, 6.07) is 5.57. The Kier molecular flexibility index (Phi) is 4.70. The number of likely N-dealkylation sites (N-methyl/N-ethyl adjacent to an activating group) is 1. The molecule has 1 saturated carbocycles. The standard InChI is InChI=1S/C15H20F3NO/c1-19-13(14(20-2)11-6-7-11)9-10-4-3-5-12(8-10)15(16,17)18/h3-5,8,11,13-14,19H,6-7,9H2,1-2H3. The normalized spacial score (nSPS) is 18.9. The number of methoxy groups -OCH3 is 1. The maximum Gasteiger partial charge on any atom is 0.416 e. The van der Waals surface area contributed by atoms with Crippen LogP contribution in [-0.4, -0.2) is 26.3 Å². The molecule has 0 bridgehead atoms. The highest BCUT2D eigenvalue weighted by Crippen LogP contribution is 2.36. The van der Waals surface area contributed by atoms with E-state index in [1.165, 1.54) is 12.1 Å². The molecule has 1 N–H and O–H groups in total. The van der Waals surface area contributed by atoms with Crippen molar-refractivity contribution >= 4 is 0 Å². The number of halogens is 3. The molecule has 5 heteroatoms. The Hall–Kier alpha value is -1.07. The van der Waals surface area contributed by atoms with Gasteiger partial charge in [-0.25, -0.2) is 0 Å². The van der Waals surface area contributed by atoms with E-state index >= 15 is 0 Å². The molecule has 1 aromatic rings. The lowest BCUT2D eigenvalue weighted by molar-refractivity contribution is -0.137. The molecule has 1 aliphatic rings. The molecule has 0 amide bonds. The van der Waals surface area contributed by atoms with E-state index in [-0.39, 0.29) is 12.1 Å². The summed E-state index contributed by atoms with van der Waals surface area (Å²) in [4.78, 5) is 0. The van der Waals surface area contributed by atoms with Gasteiger partial charge < -0.3 is 10.1 Å². The van der Waals surface area contributed by atoms with E-state index in [4.69, 9.17) is 4.74 Å². The molecular formula is C15H20F3NO. The van der Waals surface area contributed by atoms with Gasteiger partial charge in [0.1, 0.15) is 0 Å². The van der Waals surface area contributed by atoms with Crippen molar-refractivity contribution < 1.29 is 17.9 Å². The quantitative estimate of drug-likeness (QED) is 0.867. The van der Waals surface area contributed by atoms with E-state index in [1.54, 1.807) is 13.2 Å². The van der Waals surface area contributed by atoms with Crippen LogP contribution in [0.2, 0.25) is 0 Å². The SMILES string of the molecule is CNC(Cc1cccc(C(F)(F)F)c1)C(OC)C1CC1. The Morgan fingerprint density at radius 2 is 2.05 bits per heavy atom. The summed E-state index contributed by atoms with van der Waals surface area (Å²) in [5, 5.41) is 3.17. The topological polar surface area (TPSA) is 21.3 Å². The van der Waals surface area contributed by atoms with Gasteiger partial charge in [0.25, 0.3) is 0 Å². The number of alkyl halides is 3. The zero-order valence-electron chi connectivity index (χ0n) is 11.7. The second-order valence-electron chi connectivity index (χ2n) is 5.34. The van der Waals surface area contributed by atoms with Crippen LogP contribution >= 0.6 is 0 Å². The number of benzene rings is 1. The van der Waals surface area contributed by atoms with Crippen LogP contribution in [0.1, 0.15) is 24.0 Å². The van der Waals surface area contributed by atoms with Crippen LogP contribution in [0.15, 0.2) is 24.3 Å². The van der Waals surface area contributed by atoms with E-state index in [2.05, 4.69) is 5.32 Å². The molecule has 2 unspecified atom stereocenters. The Labute approximate surface area is 117 Å². The molecule has 20 heavy (non-hydrogen) atoms. The van der Waals surface area contributed by atoms with Crippen LogP contribution < -0.4 is 5.32 Å². The fraction of sp³-hybridized carbons (Fsp3) is 0.600. The van der Waals surface area contributed by atoms with Gasteiger partial charge in [-0.3, -0.25) is 0 Å². The van der Waals surface area contributed by atoms with Crippen LogP contribution in [0, 0.1) is 5.92 Å². The lowest BCUT2D eigenvalue weighted by Crippen LogP contribution is -2.42. The third-order valence-corrected chi connectivity index (χ3v) is 3.84. The Morgan fingerprint density at radius 3 is 2.55 bits per heavy atom. The largest absolute Gasteiger partial charge is 0.416 e. The van der Waals surface area contributed by atoms with E-state index in [0.29, 0.717) is 17.9 Å². The molecule has 0 saturated heterocycles. The number of hydrogen-bond donors (Lipinski definition) is 1. The van der Waals surface area contributed by atoms with Crippen molar-refractivity contribution in [2.24, 2.45) is 5.92 Å². The molecule has 2 atom stereocenters. The van der Waals surface area contributed by atoms with Crippen LogP contribution in [-0.2, 0) is 17.3 Å². The molecule has 0 aliphatic heterocycles. The summed E-state index contributed by atoms with van der Waals surface area (Å²) in [6.45, 7) is 0. The zero-order chi connectivity index (χ0) is 14.8. The first-order valence-electron chi connectivity index (χ1n) is 6.82. The zero-order valence-corrected chi connectivity index (χ0v) is 11.7. The van der Waals surface area contributed by atoms with Crippen LogP contribution in [0.3, 0.4) is 0 Å². The first-order chi connectivity index (χ1) is 9.45. The third kappa shape index (κ3) is 3.73. The van der Waals surface area contributed by atoms with Gasteiger partial charge in [0.05, 0.1) is 11.7 Å². The van der Waals surface area contributed by atoms with Crippen molar-refractivity contribution in [1.29, 1.82) is 0 Å². The van der Waals surface area contributed by atoms with Gasteiger partial charge in [0.2, 0.25) is 0 Å². The Bertz CT molecular complexity index is 443. The molecule has 2 rings (SSSR count). The fourth-order valence-electron chi connectivity index (χ4n) is 2.62. The van der Waals surface area contributed by atoms with Gasteiger partial charge in [0, 0.05) is 13.2 Å². The van der Waals surface area contributed by atoms with Gasteiger partial charge in [0.15, 0.2) is 0 Å². The summed E-state index contributed by atoms with van der Waals surface area (Å²) < 4.78 is 43.6. The second kappa shape index (κ2) is 6.14. The second-order valence-corrected chi connectivity index (χ2v) is 5.34. The van der Waals surface area contributed by atoms with Crippen molar-refractivity contribution in [3.63, 3.8) is 0 Å². The van der Waals surface area contributed by atoms with Gasteiger partial charge in [-0.05, 0) is 43.9 Å². The maximum atomic E-state index is 12.7. The minimum Gasteiger partial charge on any atom is -0.380 e. The summed E-state index contributed by atoms with van der Waals surface area (Å²) >= 11 is 0. The molecule has 112 valence electrons. The summed E-state index contributed by atoms with van der Waals surface area (Å²) in [7, 11) is 3.49. The minimum atomic E-state index is -4.29. The summed E-state index contributed by atoms with van der Waals surface area (Å²) in [5.41, 5.74) is 0.0899. The molecule has 2 nitrogen and oxygen atoms in total. The molecule has 0 radical (unpaired) electrons. The average Bonchev–Trinajstić information content (AvgIpc) is 3.22. The molecule has 1 aromatic carbocycles. The number of rotatable bonds is 6. The predicted molar refractivity (Wildman–Crippen MR) is 71.5 cm³/mol. The lowest BCUT2D eigenvalue weighted by Gasteiger charge is -2.26. The van der Waals surface area contributed by atoms with Crippen LogP contribution in [0.5, 0.6) is 0 Å². The van der Waals surface area contributed by atoms with Crippen LogP contribution in [0.25, 0.3) is 0 Å². The van der Waals surface area contributed by atoms with Crippen molar-refractivity contribution in [1.82, 2.24) is 5.32 Å². The van der Waals surface area contributed by atoms with E-state index in [1.807, 2.05) is 7.05 Å². The fourth-order valence-corrected chi connectivity index (χ4v) is 2.62. The smallest absolute Gasteiger partial charge is 0.380 e. The van der Waals surface area contributed by atoms with Gasteiger partial charge in [-0.1, -0.05) is 18.2 Å². The molecule has 0 aromatic heterocycles. The number of ether oxygens (including phenoxy) is 1. The molecule has 0 spiro atoms. The van der Waals surface area contributed by atoms with Gasteiger partial charge in [-0.15, -0.1) is 0 Å². The van der Waals surface area contributed by atoms with Crippen molar-refractivity contribution in [2.45, 2.75) is 37.6 Å². The highest BCUT2D eigenvalue weighted by atomic mass is 19.4. The number of hydrogen-bond acceptors (Lipinski definition) is 2. The third-order valence-electron chi connectivity index (χ3n) is 3.84. The van der Waals surface area contributed by atoms with Crippen molar-refractivity contribution in [3.8, 4) is 0 Å². The van der Waals surface area contributed by atoms with Crippen molar-refractivity contribution in [2.75, 3.05) is 14.2 Å². The van der Waals surface area contributed by atoms with E-state index < -0.39 is 11.7 Å². The molecule has 1 aliphatic carbocycles. The highest BCUT2D eigenvalue weighted by molar-refractivity contribution is 5.26. The molecular weight excluding hydrogens is 267 g/mol. The van der Waals surface area contributed by atoms with E-state index in [9.17, 15) is 13.2 Å². The molecule has 1 fully saturated rings. The minimum absolute atomic E-state index is 0.0379. The Balaban J connectivity index is 2.11. The first-order valence-corrected chi connectivity index (χ1v) is 6.82. The van der Waals surface area contributed by atoms with E-state index in [0.717, 1.165) is 18.9 Å². The first kappa shape index (κ1) is 15.3. The maximum absolute atomic E-state index is 12.7. The number of nitrogens with one attached hydrogen (secondary N) is 1. The molecule has 0 heterocycles. The summed E-state index contributed by atoms with van der Waals surface area (Å²) in [5.74, 6) is 0.531. The van der Waals surface area contributed by atoms with Crippen molar-refractivity contribution in [3.05, 3.63) is 35.4 Å². The van der Waals surface area contributed by atoms with Gasteiger partial charge >= 0.3 is 6.18 Å². The summed E-state index contributed by atoms with van der Waals surface area (Å²) in [6.07, 6.45) is -1.41. The average molecular weight is 287 g/mol. The predicted octanol–water partition coefficient (Wildman–Crippen LogP) is 3.26.